The van der Waals surface area contributed by atoms with Crippen LogP contribution < -0.4 is 10.1 Å². The maximum atomic E-state index is 11.5. The van der Waals surface area contributed by atoms with Gasteiger partial charge in [0.25, 0.3) is 0 Å². The molecule has 1 N–H and O–H groups in total. The van der Waals surface area contributed by atoms with Crippen molar-refractivity contribution in [2.75, 3.05) is 12.4 Å². The standard InChI is InChI=1S/C12H14N2O3/c1-12(2)6-11(15)13-8-5-9(14-16)10(17-3)4-7(8)12/h4-5H,6H2,1-3H3,(H,13,15). The molecule has 0 fully saturated rings. The molecule has 0 radical (unpaired) electrons. The molecule has 1 aromatic rings. The van der Waals surface area contributed by atoms with E-state index in [2.05, 4.69) is 10.5 Å². The highest BCUT2D eigenvalue weighted by Crippen LogP contribution is 2.43. The summed E-state index contributed by atoms with van der Waals surface area (Å²) in [6.45, 7) is 3.97. The van der Waals surface area contributed by atoms with Crippen LogP contribution in [0.3, 0.4) is 0 Å². The first-order valence-corrected chi connectivity index (χ1v) is 5.33. The first-order valence-electron chi connectivity index (χ1n) is 5.33. The number of methoxy groups -OCH3 is 1. The number of hydrogen-bond donors (Lipinski definition) is 1. The lowest BCUT2D eigenvalue weighted by atomic mass is 9.78. The summed E-state index contributed by atoms with van der Waals surface area (Å²) in [6, 6.07) is 3.32. The number of nitrogens with one attached hydrogen (secondary N) is 1. The van der Waals surface area contributed by atoms with Crippen molar-refractivity contribution in [1.29, 1.82) is 0 Å². The van der Waals surface area contributed by atoms with Gasteiger partial charge in [-0.2, -0.15) is 0 Å². The summed E-state index contributed by atoms with van der Waals surface area (Å²) in [7, 11) is 1.49. The monoisotopic (exact) mass is 234 g/mol. The van der Waals surface area contributed by atoms with E-state index < -0.39 is 0 Å². The van der Waals surface area contributed by atoms with Crippen molar-refractivity contribution in [3.05, 3.63) is 22.6 Å². The number of ether oxygens (including phenoxy) is 1. The number of benzene rings is 1. The molecule has 0 bridgehead atoms. The van der Waals surface area contributed by atoms with Gasteiger partial charge in [0.15, 0.2) is 5.69 Å². The molecular weight excluding hydrogens is 220 g/mol. The van der Waals surface area contributed by atoms with E-state index in [1.807, 2.05) is 13.8 Å². The average molecular weight is 234 g/mol. The molecule has 0 aromatic heterocycles. The van der Waals surface area contributed by atoms with Crippen LogP contribution in [0.5, 0.6) is 5.75 Å². The van der Waals surface area contributed by atoms with Crippen molar-refractivity contribution >= 4 is 17.3 Å². The third-order valence-electron chi connectivity index (χ3n) is 3.02. The van der Waals surface area contributed by atoms with Gasteiger partial charge in [0, 0.05) is 17.5 Å². The zero-order chi connectivity index (χ0) is 12.6. The molecule has 1 aromatic carbocycles. The number of rotatable bonds is 2. The molecule has 5 nitrogen and oxygen atoms in total. The third kappa shape index (κ3) is 1.88. The highest BCUT2D eigenvalue weighted by atomic mass is 16.5. The van der Waals surface area contributed by atoms with Gasteiger partial charge in [0.2, 0.25) is 5.91 Å². The highest BCUT2D eigenvalue weighted by Gasteiger charge is 2.33. The predicted molar refractivity (Wildman–Crippen MR) is 64.7 cm³/mol. The van der Waals surface area contributed by atoms with Gasteiger partial charge < -0.3 is 10.1 Å². The summed E-state index contributed by atoms with van der Waals surface area (Å²) in [5.41, 5.74) is 1.53. The number of nitrogens with zero attached hydrogens (tertiary/aromatic N) is 1. The van der Waals surface area contributed by atoms with Crippen molar-refractivity contribution in [3.63, 3.8) is 0 Å². The van der Waals surface area contributed by atoms with Gasteiger partial charge in [-0.05, 0) is 22.9 Å². The van der Waals surface area contributed by atoms with Gasteiger partial charge in [0.05, 0.1) is 7.11 Å². The SMILES string of the molecule is COc1cc2c(cc1N=O)NC(=O)CC2(C)C. The Labute approximate surface area is 99.1 Å². The van der Waals surface area contributed by atoms with Crippen LogP contribution in [0.4, 0.5) is 11.4 Å². The fourth-order valence-corrected chi connectivity index (χ4v) is 2.16. The van der Waals surface area contributed by atoms with Crippen molar-refractivity contribution in [3.8, 4) is 5.75 Å². The Morgan fingerprint density at radius 3 is 2.71 bits per heavy atom. The molecule has 1 aliphatic rings. The lowest BCUT2D eigenvalue weighted by molar-refractivity contribution is -0.117. The summed E-state index contributed by atoms with van der Waals surface area (Å²) in [4.78, 5) is 22.2. The minimum atomic E-state index is -0.271. The molecule has 1 heterocycles. The van der Waals surface area contributed by atoms with E-state index in [1.165, 1.54) is 7.11 Å². The highest BCUT2D eigenvalue weighted by molar-refractivity contribution is 5.96. The van der Waals surface area contributed by atoms with Gasteiger partial charge in [-0.15, -0.1) is 4.91 Å². The fraction of sp³-hybridized carbons (Fsp3) is 0.417. The van der Waals surface area contributed by atoms with Gasteiger partial charge in [-0.3, -0.25) is 4.79 Å². The second kappa shape index (κ2) is 3.84. The van der Waals surface area contributed by atoms with Crippen LogP contribution in [0, 0.1) is 4.91 Å². The quantitative estimate of drug-likeness (QED) is 0.800. The normalized spacial score (nSPS) is 17.0. The first-order chi connectivity index (χ1) is 7.97. The molecule has 0 aliphatic carbocycles. The minimum absolute atomic E-state index is 0.0514. The lowest BCUT2D eigenvalue weighted by Gasteiger charge is -2.32. The van der Waals surface area contributed by atoms with E-state index >= 15 is 0 Å². The summed E-state index contributed by atoms with van der Waals surface area (Å²) in [5.74, 6) is 0.382. The Hall–Kier alpha value is -1.91. The van der Waals surface area contributed by atoms with Crippen LogP contribution in [-0.4, -0.2) is 13.0 Å². The fourth-order valence-electron chi connectivity index (χ4n) is 2.16. The smallest absolute Gasteiger partial charge is 0.225 e. The second-order valence-electron chi connectivity index (χ2n) is 4.77. The number of carbonyl (C=O) groups is 1. The summed E-state index contributed by atoms with van der Waals surface area (Å²) in [5, 5.41) is 5.64. The van der Waals surface area contributed by atoms with Crippen molar-refractivity contribution in [1.82, 2.24) is 0 Å². The number of nitroso groups, excluding NO2 is 1. The first kappa shape index (κ1) is 11.6. The molecule has 5 heteroatoms. The molecule has 0 saturated heterocycles. The van der Waals surface area contributed by atoms with Crippen LogP contribution in [0.15, 0.2) is 17.3 Å². The predicted octanol–water partition coefficient (Wildman–Crippen LogP) is 2.71. The summed E-state index contributed by atoms with van der Waals surface area (Å²) in [6.07, 6.45) is 0.414. The van der Waals surface area contributed by atoms with Crippen LogP contribution in [0.2, 0.25) is 0 Å². The lowest BCUT2D eigenvalue weighted by Crippen LogP contribution is -2.32. The average Bonchev–Trinajstić information content (AvgIpc) is 2.26. The maximum absolute atomic E-state index is 11.5. The second-order valence-corrected chi connectivity index (χ2v) is 4.77. The number of fused-ring (bicyclic) bond motifs is 1. The molecule has 90 valence electrons. The van der Waals surface area contributed by atoms with Crippen molar-refractivity contribution in [2.24, 2.45) is 5.18 Å². The van der Waals surface area contributed by atoms with Crippen molar-refractivity contribution < 1.29 is 9.53 Å². The molecule has 2 rings (SSSR count). The van der Waals surface area contributed by atoms with E-state index in [4.69, 9.17) is 4.74 Å². The Kier molecular flexibility index (Phi) is 2.61. The summed E-state index contributed by atoms with van der Waals surface area (Å²) >= 11 is 0. The molecule has 1 amide bonds. The van der Waals surface area contributed by atoms with E-state index in [1.54, 1.807) is 12.1 Å². The largest absolute Gasteiger partial charge is 0.494 e. The van der Waals surface area contributed by atoms with Crippen LogP contribution in [0.25, 0.3) is 0 Å². The number of carbonyl (C=O) groups excluding carboxylic acids is 1. The van der Waals surface area contributed by atoms with E-state index in [9.17, 15) is 9.70 Å². The van der Waals surface area contributed by atoms with E-state index in [0.717, 1.165) is 5.56 Å². The molecule has 0 saturated carbocycles. The van der Waals surface area contributed by atoms with Gasteiger partial charge in [-0.25, -0.2) is 0 Å². The number of hydrogen-bond acceptors (Lipinski definition) is 4. The molecular formula is C12H14N2O3. The third-order valence-corrected chi connectivity index (χ3v) is 3.02. The zero-order valence-electron chi connectivity index (χ0n) is 10.0. The summed E-state index contributed by atoms with van der Waals surface area (Å²) < 4.78 is 5.12. The molecule has 0 atom stereocenters. The Bertz CT molecular complexity index is 495. The van der Waals surface area contributed by atoms with Crippen LogP contribution >= 0.6 is 0 Å². The van der Waals surface area contributed by atoms with Crippen molar-refractivity contribution in [2.45, 2.75) is 25.7 Å². The molecule has 17 heavy (non-hydrogen) atoms. The van der Waals surface area contributed by atoms with Gasteiger partial charge in [0.1, 0.15) is 5.75 Å². The molecule has 0 spiro atoms. The molecule has 1 aliphatic heterocycles. The zero-order valence-corrected chi connectivity index (χ0v) is 10.0. The topological polar surface area (TPSA) is 67.8 Å². The van der Waals surface area contributed by atoms with E-state index in [-0.39, 0.29) is 17.0 Å². The number of amides is 1. The minimum Gasteiger partial charge on any atom is -0.494 e. The maximum Gasteiger partial charge on any atom is 0.225 e. The van der Waals surface area contributed by atoms with Crippen LogP contribution in [-0.2, 0) is 10.2 Å². The molecule has 0 unspecified atom stereocenters. The Morgan fingerprint density at radius 2 is 2.12 bits per heavy atom. The Morgan fingerprint density at radius 1 is 1.41 bits per heavy atom. The Balaban J connectivity index is 2.63. The van der Waals surface area contributed by atoms with Gasteiger partial charge in [-0.1, -0.05) is 13.8 Å². The van der Waals surface area contributed by atoms with Crippen LogP contribution in [0.1, 0.15) is 25.8 Å². The van der Waals surface area contributed by atoms with E-state index in [0.29, 0.717) is 17.9 Å². The van der Waals surface area contributed by atoms with Gasteiger partial charge >= 0.3 is 0 Å². The number of anilines is 1.